The molecule has 0 spiro atoms. The van der Waals surface area contributed by atoms with E-state index in [4.69, 9.17) is 18.0 Å². The second-order valence-electron chi connectivity index (χ2n) is 10.0. The van der Waals surface area contributed by atoms with Gasteiger partial charge in [-0.15, -0.1) is 6.42 Å². The van der Waals surface area contributed by atoms with E-state index in [0.29, 0.717) is 30.8 Å². The van der Waals surface area contributed by atoms with Crippen LogP contribution in [-0.2, 0) is 16.0 Å². The molecular weight excluding hydrogens is 575 g/mol. The van der Waals surface area contributed by atoms with Crippen LogP contribution in [0.25, 0.3) is 0 Å². The monoisotopic (exact) mass is 606 g/mol. The largest absolute Gasteiger partial charge is 0.343 e. The number of terminal acetylenes is 1. The summed E-state index contributed by atoms with van der Waals surface area (Å²) in [6.07, 6.45) is 7.63. The zero-order valence-corrected chi connectivity index (χ0v) is 24.8. The Labute approximate surface area is 254 Å². The van der Waals surface area contributed by atoms with Crippen molar-refractivity contribution in [3.05, 3.63) is 64.6 Å². The Bertz CT molecular complexity index is 1580. The first kappa shape index (κ1) is 31.2. The van der Waals surface area contributed by atoms with Crippen molar-refractivity contribution in [2.75, 3.05) is 49.3 Å². The highest BCUT2D eigenvalue weighted by Gasteiger charge is 2.31. The molecule has 0 saturated carbocycles. The Morgan fingerprint density at radius 1 is 1.23 bits per heavy atom. The van der Waals surface area contributed by atoms with Crippen molar-refractivity contribution in [2.24, 2.45) is 0 Å². The predicted octanol–water partition coefficient (Wildman–Crippen LogP) is 3.46. The number of benzene rings is 2. The Kier molecular flexibility index (Phi) is 10.1. The van der Waals surface area contributed by atoms with Crippen molar-refractivity contribution >= 4 is 58.2 Å². The molecule has 3 amide bonds. The van der Waals surface area contributed by atoms with Crippen LogP contribution in [0, 0.1) is 18.2 Å². The standard InChI is InChI=1S/C30H32ClFN8O3/c1-5-14-33-28(42)20-8-7-9-22(32)26(20)37-27-21(31)16-34-30(38-27)35-19-12-10-18-11-13-23(36-25(41)17-39(3)4)29(43)40(6-2)24(18)15-19/h1,7-10,12,15-16,23H,6,11,13-14,17H2,2-4H3,(H,33,42)(H,36,41)(H2,34,35,37,38). The van der Waals surface area contributed by atoms with Crippen LogP contribution in [0.4, 0.5) is 33.2 Å². The molecule has 4 rings (SSSR count). The van der Waals surface area contributed by atoms with E-state index in [1.54, 1.807) is 23.9 Å². The van der Waals surface area contributed by atoms with Gasteiger partial charge in [-0.3, -0.25) is 14.4 Å². The molecule has 0 aliphatic carbocycles. The minimum Gasteiger partial charge on any atom is -0.343 e. The average Bonchev–Trinajstić information content (AvgIpc) is 3.09. The lowest BCUT2D eigenvalue weighted by Crippen LogP contribution is -2.49. The topological polar surface area (TPSA) is 132 Å². The van der Waals surface area contributed by atoms with Crippen molar-refractivity contribution in [1.82, 2.24) is 25.5 Å². The van der Waals surface area contributed by atoms with Crippen molar-refractivity contribution < 1.29 is 18.8 Å². The molecule has 1 atom stereocenters. The number of carbonyl (C=O) groups excluding carboxylic acids is 3. The normalized spacial score (nSPS) is 14.4. The summed E-state index contributed by atoms with van der Waals surface area (Å²) >= 11 is 6.32. The number of hydrogen-bond donors (Lipinski definition) is 4. The number of hydrogen-bond acceptors (Lipinski definition) is 8. The van der Waals surface area contributed by atoms with E-state index < -0.39 is 17.8 Å². The van der Waals surface area contributed by atoms with E-state index in [9.17, 15) is 18.8 Å². The van der Waals surface area contributed by atoms with Crippen molar-refractivity contribution in [3.8, 4) is 12.3 Å². The number of fused-ring (bicyclic) bond motifs is 1. The van der Waals surface area contributed by atoms with Gasteiger partial charge in [0.1, 0.15) is 16.9 Å². The number of halogens is 2. The highest BCUT2D eigenvalue weighted by Crippen LogP contribution is 2.32. The van der Waals surface area contributed by atoms with Crippen LogP contribution in [0.15, 0.2) is 42.6 Å². The van der Waals surface area contributed by atoms with Gasteiger partial charge in [-0.2, -0.15) is 4.98 Å². The minimum atomic E-state index is -0.691. The van der Waals surface area contributed by atoms with Crippen LogP contribution >= 0.6 is 11.6 Å². The molecule has 224 valence electrons. The second-order valence-corrected chi connectivity index (χ2v) is 10.4. The summed E-state index contributed by atoms with van der Waals surface area (Å²) in [6.45, 7) is 2.44. The molecule has 1 aliphatic heterocycles. The second kappa shape index (κ2) is 14.0. The maximum atomic E-state index is 14.8. The summed E-state index contributed by atoms with van der Waals surface area (Å²) in [6, 6.07) is 8.97. The van der Waals surface area contributed by atoms with Crippen LogP contribution < -0.4 is 26.2 Å². The summed E-state index contributed by atoms with van der Waals surface area (Å²) in [5, 5.41) is 11.4. The highest BCUT2D eigenvalue weighted by atomic mass is 35.5. The molecule has 13 heteroatoms. The molecule has 11 nitrogen and oxygen atoms in total. The lowest BCUT2D eigenvalue weighted by atomic mass is 10.1. The van der Waals surface area contributed by atoms with Crippen molar-refractivity contribution in [3.63, 3.8) is 0 Å². The molecule has 4 N–H and O–H groups in total. The fraction of sp³-hybridized carbons (Fsp3) is 0.300. The lowest BCUT2D eigenvalue weighted by Gasteiger charge is -2.25. The lowest BCUT2D eigenvalue weighted by molar-refractivity contribution is -0.128. The quantitative estimate of drug-likeness (QED) is 0.258. The Morgan fingerprint density at radius 3 is 2.74 bits per heavy atom. The Hall–Kier alpha value is -4.73. The highest BCUT2D eigenvalue weighted by molar-refractivity contribution is 6.33. The van der Waals surface area contributed by atoms with Crippen molar-refractivity contribution in [1.29, 1.82) is 0 Å². The summed E-state index contributed by atoms with van der Waals surface area (Å²) in [7, 11) is 3.58. The fourth-order valence-electron chi connectivity index (χ4n) is 4.65. The molecule has 0 saturated heterocycles. The molecule has 43 heavy (non-hydrogen) atoms. The van der Waals surface area contributed by atoms with E-state index in [2.05, 4.69) is 37.2 Å². The van der Waals surface area contributed by atoms with Gasteiger partial charge in [0, 0.05) is 17.9 Å². The minimum absolute atomic E-state index is 0.0192. The van der Waals surface area contributed by atoms with E-state index in [1.807, 2.05) is 25.1 Å². The Morgan fingerprint density at radius 2 is 2.02 bits per heavy atom. The van der Waals surface area contributed by atoms with Crippen LogP contribution in [0.1, 0.15) is 29.3 Å². The number of nitrogens with one attached hydrogen (secondary N) is 4. The number of carbonyl (C=O) groups is 3. The van der Waals surface area contributed by atoms with Gasteiger partial charge in [-0.05, 0) is 63.7 Å². The summed E-state index contributed by atoms with van der Waals surface area (Å²) < 4.78 is 14.8. The fourth-order valence-corrected chi connectivity index (χ4v) is 4.79. The first-order valence-corrected chi connectivity index (χ1v) is 13.9. The maximum Gasteiger partial charge on any atom is 0.254 e. The number of anilines is 5. The molecule has 0 fully saturated rings. The van der Waals surface area contributed by atoms with Gasteiger partial charge in [-0.1, -0.05) is 29.7 Å². The number of rotatable bonds is 10. The zero-order valence-electron chi connectivity index (χ0n) is 24.0. The van der Waals surface area contributed by atoms with Crippen LogP contribution in [0.5, 0.6) is 0 Å². The molecule has 2 aromatic carbocycles. The zero-order chi connectivity index (χ0) is 31.1. The third-order valence-corrected chi connectivity index (χ3v) is 6.88. The van der Waals surface area contributed by atoms with Gasteiger partial charge in [0.15, 0.2) is 5.82 Å². The molecule has 3 aromatic rings. The van der Waals surface area contributed by atoms with Crippen LogP contribution in [0.2, 0.25) is 5.02 Å². The Balaban J connectivity index is 1.57. The van der Waals surface area contributed by atoms with E-state index in [1.165, 1.54) is 24.4 Å². The first-order chi connectivity index (χ1) is 20.6. The van der Waals surface area contributed by atoms with Gasteiger partial charge in [0.2, 0.25) is 17.8 Å². The van der Waals surface area contributed by atoms with Crippen LogP contribution in [0.3, 0.4) is 0 Å². The molecule has 1 unspecified atom stereocenters. The smallest absolute Gasteiger partial charge is 0.254 e. The van der Waals surface area contributed by atoms with E-state index in [0.717, 1.165) is 5.56 Å². The molecule has 0 bridgehead atoms. The number of amides is 3. The average molecular weight is 607 g/mol. The predicted molar refractivity (Wildman–Crippen MR) is 164 cm³/mol. The number of para-hydroxylation sites is 1. The third kappa shape index (κ3) is 7.57. The van der Waals surface area contributed by atoms with Crippen molar-refractivity contribution in [2.45, 2.75) is 25.8 Å². The van der Waals surface area contributed by atoms with E-state index in [-0.39, 0.29) is 52.9 Å². The van der Waals surface area contributed by atoms with Gasteiger partial charge in [0.05, 0.1) is 30.5 Å². The van der Waals surface area contributed by atoms with Gasteiger partial charge < -0.3 is 31.1 Å². The molecule has 2 heterocycles. The molecule has 0 radical (unpaired) electrons. The van der Waals surface area contributed by atoms with Gasteiger partial charge in [0.25, 0.3) is 5.91 Å². The number of aromatic nitrogens is 2. The first-order valence-electron chi connectivity index (χ1n) is 13.6. The summed E-state index contributed by atoms with van der Waals surface area (Å²) in [5.74, 6) is 0.841. The van der Waals surface area contributed by atoms with E-state index >= 15 is 0 Å². The SMILES string of the molecule is C#CCNC(=O)c1cccc(F)c1Nc1nc(Nc2ccc3c(c2)N(CC)C(=O)C(NC(=O)CN(C)C)CC3)ncc1Cl. The summed E-state index contributed by atoms with van der Waals surface area (Å²) in [5.41, 5.74) is 2.15. The van der Waals surface area contributed by atoms with Crippen LogP contribution in [-0.4, -0.2) is 72.4 Å². The summed E-state index contributed by atoms with van der Waals surface area (Å²) in [4.78, 5) is 50.3. The molecule has 1 aliphatic rings. The van der Waals surface area contributed by atoms with Gasteiger partial charge in [-0.25, -0.2) is 9.37 Å². The molecular formula is C30H32ClFN8O3. The number of aryl methyl sites for hydroxylation is 1. The van der Waals surface area contributed by atoms with Gasteiger partial charge >= 0.3 is 0 Å². The number of nitrogens with zero attached hydrogens (tertiary/aromatic N) is 4. The molecule has 1 aromatic heterocycles. The number of likely N-dealkylation sites (N-methyl/N-ethyl adjacent to an activating group) is 2. The maximum absolute atomic E-state index is 14.8. The third-order valence-electron chi connectivity index (χ3n) is 6.61.